The third-order valence-electron chi connectivity index (χ3n) is 3.16. The summed E-state index contributed by atoms with van der Waals surface area (Å²) in [6, 6.07) is 8.52. The van der Waals surface area contributed by atoms with Crippen LogP contribution in [0.2, 0.25) is 0 Å². The zero-order valence-corrected chi connectivity index (χ0v) is 13.8. The smallest absolute Gasteiger partial charge is 0.241 e. The summed E-state index contributed by atoms with van der Waals surface area (Å²) in [5.74, 6) is 0. The third kappa shape index (κ3) is 5.61. The minimum absolute atomic E-state index is 0.319. The second-order valence-electron chi connectivity index (χ2n) is 6.04. The average Bonchev–Trinajstić information content (AvgIpc) is 2.35. The lowest BCUT2D eigenvalue weighted by molar-refractivity contribution is -0.883. The van der Waals surface area contributed by atoms with Crippen molar-refractivity contribution in [2.75, 3.05) is 20.1 Å². The highest BCUT2D eigenvalue weighted by Gasteiger charge is 2.29. The lowest BCUT2D eigenvalue weighted by Gasteiger charge is -2.28. The minimum atomic E-state index is -3.45. The van der Waals surface area contributed by atoms with Crippen LogP contribution >= 0.6 is 0 Å². The number of benzene rings is 1. The Balaban J connectivity index is 2.70. The number of unbranched alkanes of at least 4 members (excludes halogenated alkanes) is 1. The summed E-state index contributed by atoms with van der Waals surface area (Å²) in [6.45, 7) is 7.86. The van der Waals surface area contributed by atoms with E-state index < -0.39 is 15.6 Å². The Morgan fingerprint density at radius 3 is 2.35 bits per heavy atom. The molecule has 20 heavy (non-hydrogen) atoms. The van der Waals surface area contributed by atoms with Gasteiger partial charge in [0.2, 0.25) is 10.0 Å². The maximum atomic E-state index is 12.3. The van der Waals surface area contributed by atoms with E-state index in [4.69, 9.17) is 0 Å². The van der Waals surface area contributed by atoms with Crippen LogP contribution in [0.25, 0.3) is 0 Å². The number of hydrogen-bond donors (Lipinski definition) is 2. The van der Waals surface area contributed by atoms with Gasteiger partial charge in [-0.2, -0.15) is 4.72 Å². The van der Waals surface area contributed by atoms with Gasteiger partial charge in [-0.3, -0.25) is 0 Å². The van der Waals surface area contributed by atoms with Gasteiger partial charge in [-0.25, -0.2) is 8.42 Å². The van der Waals surface area contributed by atoms with Crippen molar-refractivity contribution in [1.82, 2.24) is 4.72 Å². The largest absolute Gasteiger partial charge is 0.336 e. The van der Waals surface area contributed by atoms with Crippen LogP contribution in [-0.4, -0.2) is 34.1 Å². The van der Waals surface area contributed by atoms with Crippen LogP contribution in [0.5, 0.6) is 0 Å². The highest BCUT2D eigenvalue weighted by atomic mass is 32.2. The first-order chi connectivity index (χ1) is 9.27. The molecular weight excluding hydrogens is 272 g/mol. The van der Waals surface area contributed by atoms with E-state index in [2.05, 4.69) is 18.7 Å². The predicted octanol–water partition coefficient (Wildman–Crippen LogP) is 1.06. The van der Waals surface area contributed by atoms with E-state index in [9.17, 15) is 8.42 Å². The Morgan fingerprint density at radius 1 is 1.20 bits per heavy atom. The van der Waals surface area contributed by atoms with Gasteiger partial charge in [-0.1, -0.05) is 31.5 Å². The van der Waals surface area contributed by atoms with Gasteiger partial charge in [0.25, 0.3) is 0 Å². The minimum Gasteiger partial charge on any atom is -0.336 e. The van der Waals surface area contributed by atoms with Gasteiger partial charge < -0.3 is 4.90 Å². The van der Waals surface area contributed by atoms with Crippen molar-refractivity contribution in [1.29, 1.82) is 0 Å². The molecule has 1 unspecified atom stereocenters. The van der Waals surface area contributed by atoms with Gasteiger partial charge >= 0.3 is 0 Å². The van der Waals surface area contributed by atoms with Crippen molar-refractivity contribution in [3.05, 3.63) is 30.3 Å². The molecule has 2 N–H and O–H groups in total. The lowest BCUT2D eigenvalue weighted by atomic mass is 10.1. The molecule has 0 heterocycles. The van der Waals surface area contributed by atoms with Crippen LogP contribution < -0.4 is 9.62 Å². The molecule has 0 aliphatic carbocycles. The van der Waals surface area contributed by atoms with E-state index >= 15 is 0 Å². The fraction of sp³-hybridized carbons (Fsp3) is 0.600. The summed E-state index contributed by atoms with van der Waals surface area (Å²) in [7, 11) is -1.34. The molecule has 0 saturated carbocycles. The van der Waals surface area contributed by atoms with Crippen molar-refractivity contribution >= 4 is 10.0 Å². The van der Waals surface area contributed by atoms with Crippen molar-refractivity contribution in [2.45, 2.75) is 44.0 Å². The molecule has 0 radical (unpaired) electrons. The normalized spacial score (nSPS) is 14.2. The quantitative estimate of drug-likeness (QED) is 0.754. The summed E-state index contributed by atoms with van der Waals surface area (Å²) < 4.78 is 27.5. The van der Waals surface area contributed by atoms with Gasteiger partial charge in [0, 0.05) is 0 Å². The molecule has 0 bridgehead atoms. The number of sulfonamides is 1. The predicted molar refractivity (Wildman–Crippen MR) is 82.4 cm³/mol. The molecule has 0 amide bonds. The molecular formula is C15H27N2O2S+. The molecule has 0 fully saturated rings. The highest BCUT2D eigenvalue weighted by Crippen LogP contribution is 2.11. The number of hydrogen-bond acceptors (Lipinski definition) is 2. The number of likely N-dealkylation sites (N-methyl/N-ethyl adjacent to an activating group) is 1. The first kappa shape index (κ1) is 17.1. The second-order valence-corrected chi connectivity index (χ2v) is 7.72. The van der Waals surface area contributed by atoms with Crippen LogP contribution in [0.15, 0.2) is 35.2 Å². The topological polar surface area (TPSA) is 50.6 Å². The third-order valence-corrected chi connectivity index (χ3v) is 4.88. The number of quaternary nitrogens is 1. The Bertz CT molecular complexity index is 498. The van der Waals surface area contributed by atoms with Gasteiger partial charge in [0.1, 0.15) is 0 Å². The van der Waals surface area contributed by atoms with E-state index in [1.807, 2.05) is 19.9 Å². The van der Waals surface area contributed by atoms with Gasteiger partial charge in [-0.05, 0) is 32.4 Å². The molecule has 1 atom stereocenters. The molecule has 1 aromatic rings. The second kappa shape index (κ2) is 7.20. The first-order valence-electron chi connectivity index (χ1n) is 7.17. The molecule has 0 aliphatic heterocycles. The average molecular weight is 299 g/mol. The van der Waals surface area contributed by atoms with Crippen molar-refractivity contribution in [3.8, 4) is 0 Å². The molecule has 0 aromatic heterocycles. The van der Waals surface area contributed by atoms with Crippen LogP contribution in [0.3, 0.4) is 0 Å². The van der Waals surface area contributed by atoms with Crippen LogP contribution in [0.4, 0.5) is 0 Å². The van der Waals surface area contributed by atoms with Crippen LogP contribution in [-0.2, 0) is 10.0 Å². The zero-order valence-electron chi connectivity index (χ0n) is 12.9. The summed E-state index contributed by atoms with van der Waals surface area (Å²) in [6.07, 6.45) is 2.32. The fourth-order valence-electron chi connectivity index (χ4n) is 2.38. The molecule has 1 aromatic carbocycles. The van der Waals surface area contributed by atoms with Gasteiger partial charge in [0.15, 0.2) is 0 Å². The van der Waals surface area contributed by atoms with Crippen molar-refractivity contribution < 1.29 is 13.3 Å². The molecule has 1 rings (SSSR count). The summed E-state index contributed by atoms with van der Waals surface area (Å²) in [4.78, 5) is 1.66. The SMILES string of the molecule is CCCC[NH+](C)CC(C)(C)NS(=O)(=O)c1ccccc1. The highest BCUT2D eigenvalue weighted by molar-refractivity contribution is 7.89. The Labute approximate surface area is 123 Å². The summed E-state index contributed by atoms with van der Waals surface area (Å²) in [5.41, 5.74) is -0.466. The summed E-state index contributed by atoms with van der Waals surface area (Å²) in [5, 5.41) is 0. The number of nitrogens with one attached hydrogen (secondary N) is 2. The van der Waals surface area contributed by atoms with E-state index in [0.29, 0.717) is 4.90 Å². The molecule has 0 saturated heterocycles. The molecule has 114 valence electrons. The maximum Gasteiger partial charge on any atom is 0.241 e. The molecule has 4 nitrogen and oxygen atoms in total. The first-order valence-corrected chi connectivity index (χ1v) is 8.65. The summed E-state index contributed by atoms with van der Waals surface area (Å²) >= 11 is 0. The van der Waals surface area contributed by atoms with Crippen LogP contribution in [0.1, 0.15) is 33.6 Å². The van der Waals surface area contributed by atoms with Crippen molar-refractivity contribution in [3.63, 3.8) is 0 Å². The lowest BCUT2D eigenvalue weighted by Crippen LogP contribution is -3.11. The molecule has 0 spiro atoms. The van der Waals surface area contributed by atoms with E-state index in [1.54, 1.807) is 24.3 Å². The van der Waals surface area contributed by atoms with E-state index in [0.717, 1.165) is 25.9 Å². The Morgan fingerprint density at radius 2 is 1.80 bits per heavy atom. The van der Waals surface area contributed by atoms with Gasteiger partial charge in [-0.15, -0.1) is 0 Å². The van der Waals surface area contributed by atoms with Crippen molar-refractivity contribution in [2.24, 2.45) is 0 Å². The Kier molecular flexibility index (Phi) is 6.17. The number of rotatable bonds is 8. The monoisotopic (exact) mass is 299 g/mol. The van der Waals surface area contributed by atoms with E-state index in [-0.39, 0.29) is 0 Å². The van der Waals surface area contributed by atoms with Crippen LogP contribution in [0, 0.1) is 0 Å². The molecule has 5 heteroatoms. The molecule has 0 aliphatic rings. The van der Waals surface area contributed by atoms with Gasteiger partial charge in [0.05, 0.1) is 30.6 Å². The maximum absolute atomic E-state index is 12.3. The standard InChI is InChI=1S/C15H26N2O2S/c1-5-6-12-17(4)13-15(2,3)16-20(18,19)14-10-8-7-9-11-14/h7-11,16H,5-6,12-13H2,1-4H3/p+1. The fourth-order valence-corrected chi connectivity index (χ4v) is 3.81. The van der Waals surface area contributed by atoms with E-state index in [1.165, 1.54) is 4.90 Å². The Hall–Kier alpha value is -0.910. The zero-order chi connectivity index (χ0) is 15.2.